The first-order valence-corrected chi connectivity index (χ1v) is 13.2. The molecule has 0 aromatic carbocycles. The van der Waals surface area contributed by atoms with Crippen LogP contribution in [0.4, 0.5) is 18.9 Å². The summed E-state index contributed by atoms with van der Waals surface area (Å²) < 4.78 is 48.8. The third kappa shape index (κ3) is 4.77. The fourth-order valence-corrected chi connectivity index (χ4v) is 5.49. The Hall–Kier alpha value is -4.02. The minimum absolute atomic E-state index is 0.239. The maximum atomic E-state index is 13.3. The van der Waals surface area contributed by atoms with Gasteiger partial charge in [0.05, 0.1) is 60.0 Å². The highest BCUT2D eigenvalue weighted by Gasteiger charge is 2.32. The average Bonchev–Trinajstić information content (AvgIpc) is 3.51. The molecule has 1 atom stereocenters. The molecule has 0 spiro atoms. The number of alkyl halides is 3. The molecular weight excluding hydrogens is 523 g/mol. The quantitative estimate of drug-likeness (QED) is 0.376. The van der Waals surface area contributed by atoms with Gasteiger partial charge in [-0.05, 0) is 44.4 Å². The van der Waals surface area contributed by atoms with Crippen LogP contribution in [-0.4, -0.2) is 66.8 Å². The summed E-state index contributed by atoms with van der Waals surface area (Å²) in [6, 6.07) is 5.28. The van der Waals surface area contributed by atoms with E-state index in [4.69, 9.17) is 4.74 Å². The molecule has 4 aromatic heterocycles. The second kappa shape index (κ2) is 10.2. The van der Waals surface area contributed by atoms with Crippen LogP contribution in [-0.2, 0) is 10.9 Å². The molecule has 2 aliphatic heterocycles. The van der Waals surface area contributed by atoms with Crippen LogP contribution in [0.5, 0.6) is 0 Å². The van der Waals surface area contributed by atoms with Crippen LogP contribution in [0.2, 0.25) is 0 Å². The number of ether oxygens (including phenoxy) is 1. The number of nitriles is 1. The number of fused-ring (bicyclic) bond motifs is 1. The maximum Gasteiger partial charge on any atom is 0.417 e. The number of halogens is 3. The average molecular weight is 552 g/mol. The van der Waals surface area contributed by atoms with Gasteiger partial charge in [-0.15, -0.1) is 5.10 Å². The van der Waals surface area contributed by atoms with Crippen molar-refractivity contribution >= 4 is 11.2 Å². The van der Waals surface area contributed by atoms with Crippen LogP contribution in [0.25, 0.3) is 16.8 Å². The Morgan fingerprint density at radius 1 is 1.12 bits per heavy atom. The molecule has 1 unspecified atom stereocenters. The SMILES string of the molecule is Cc1c(-c2cc(NC(C)c3cncc(C(F)(F)F)c3)c3c(C#N)cnn3c2)nnn1C1CCN(C2COC2)CC1. The van der Waals surface area contributed by atoms with Crippen molar-refractivity contribution in [2.45, 2.75) is 51.0 Å². The number of hydrogen-bond acceptors (Lipinski definition) is 8. The van der Waals surface area contributed by atoms with E-state index >= 15 is 0 Å². The van der Waals surface area contributed by atoms with E-state index in [1.807, 2.05) is 17.7 Å². The molecule has 6 heterocycles. The Bertz CT molecular complexity index is 1580. The number of hydrogen-bond donors (Lipinski definition) is 1. The molecule has 10 nitrogen and oxygen atoms in total. The van der Waals surface area contributed by atoms with Crippen molar-refractivity contribution in [2.24, 2.45) is 0 Å². The van der Waals surface area contributed by atoms with Gasteiger partial charge in [0, 0.05) is 37.2 Å². The van der Waals surface area contributed by atoms with Crippen LogP contribution in [0.3, 0.4) is 0 Å². The maximum absolute atomic E-state index is 13.3. The van der Waals surface area contributed by atoms with Gasteiger partial charge in [-0.2, -0.15) is 23.5 Å². The number of aromatic nitrogens is 6. The van der Waals surface area contributed by atoms with E-state index in [9.17, 15) is 18.4 Å². The zero-order chi connectivity index (χ0) is 28.0. The van der Waals surface area contributed by atoms with E-state index in [1.54, 1.807) is 17.6 Å². The first-order chi connectivity index (χ1) is 19.2. The number of likely N-dealkylation sites (tertiary alicyclic amines) is 1. The summed E-state index contributed by atoms with van der Waals surface area (Å²) in [6.45, 7) is 7.31. The molecule has 1 N–H and O–H groups in total. The molecule has 0 aliphatic carbocycles. The third-order valence-corrected chi connectivity index (χ3v) is 7.87. The highest BCUT2D eigenvalue weighted by atomic mass is 19.4. The standard InChI is InChI=1S/C27H28F3N9O/c1-16(18-7-21(12-32-10-18)27(28,29)30)34-24-8-19(13-38-26(24)20(9-31)11-33-38)25-17(2)39(36-35-25)22-3-5-37(6-4-22)23-14-40-15-23/h7-8,10-13,16,22-23,34H,3-6,14-15H2,1-2H3. The second-order valence-electron chi connectivity index (χ2n) is 10.4. The van der Waals surface area contributed by atoms with Crippen LogP contribution in [0, 0.1) is 18.3 Å². The topological polar surface area (TPSA) is 109 Å². The van der Waals surface area contributed by atoms with Crippen LogP contribution in [0.1, 0.15) is 54.2 Å². The second-order valence-corrected chi connectivity index (χ2v) is 10.4. The van der Waals surface area contributed by atoms with Crippen molar-refractivity contribution in [3.05, 3.63) is 59.3 Å². The lowest BCUT2D eigenvalue weighted by molar-refractivity contribution is -0.137. The summed E-state index contributed by atoms with van der Waals surface area (Å²) in [5, 5.41) is 26.3. The van der Waals surface area contributed by atoms with Gasteiger partial charge in [-0.25, -0.2) is 9.20 Å². The zero-order valence-corrected chi connectivity index (χ0v) is 22.1. The van der Waals surface area contributed by atoms with Gasteiger partial charge in [0.2, 0.25) is 0 Å². The normalized spacial score (nSPS) is 18.0. The van der Waals surface area contributed by atoms with Gasteiger partial charge >= 0.3 is 6.18 Å². The zero-order valence-electron chi connectivity index (χ0n) is 22.1. The Kier molecular flexibility index (Phi) is 6.67. The Morgan fingerprint density at radius 3 is 2.58 bits per heavy atom. The summed E-state index contributed by atoms with van der Waals surface area (Å²) in [5.74, 6) is 0. The van der Waals surface area contributed by atoms with Gasteiger partial charge in [0.1, 0.15) is 17.3 Å². The minimum Gasteiger partial charge on any atom is -0.378 e. The van der Waals surface area contributed by atoms with Crippen LogP contribution < -0.4 is 5.32 Å². The Labute approximate surface area is 228 Å². The number of rotatable bonds is 6. The van der Waals surface area contributed by atoms with Gasteiger partial charge in [0.25, 0.3) is 0 Å². The Balaban J connectivity index is 1.30. The lowest BCUT2D eigenvalue weighted by Gasteiger charge is -2.41. The lowest BCUT2D eigenvalue weighted by Crippen LogP contribution is -2.52. The van der Waals surface area contributed by atoms with Crippen molar-refractivity contribution in [1.29, 1.82) is 5.26 Å². The van der Waals surface area contributed by atoms with E-state index in [0.29, 0.717) is 34.1 Å². The van der Waals surface area contributed by atoms with E-state index in [-0.39, 0.29) is 6.04 Å². The molecule has 2 saturated heterocycles. The molecule has 13 heteroatoms. The van der Waals surface area contributed by atoms with Gasteiger partial charge < -0.3 is 10.1 Å². The summed E-state index contributed by atoms with van der Waals surface area (Å²) >= 11 is 0. The summed E-state index contributed by atoms with van der Waals surface area (Å²) in [4.78, 5) is 6.26. The molecule has 4 aromatic rings. The van der Waals surface area contributed by atoms with Crippen LogP contribution >= 0.6 is 0 Å². The molecule has 40 heavy (non-hydrogen) atoms. The van der Waals surface area contributed by atoms with E-state index in [2.05, 4.69) is 36.7 Å². The largest absolute Gasteiger partial charge is 0.417 e. The predicted octanol–water partition coefficient (Wildman–Crippen LogP) is 4.40. The number of nitrogens with one attached hydrogen (secondary N) is 1. The number of pyridine rings is 2. The third-order valence-electron chi connectivity index (χ3n) is 7.87. The Morgan fingerprint density at radius 2 is 1.90 bits per heavy atom. The first-order valence-electron chi connectivity index (χ1n) is 13.2. The number of anilines is 1. The number of nitrogens with zero attached hydrogens (tertiary/aromatic N) is 8. The molecule has 2 aliphatic rings. The summed E-state index contributed by atoms with van der Waals surface area (Å²) in [6.07, 6.45) is 2.90. The highest BCUT2D eigenvalue weighted by Crippen LogP contribution is 2.34. The monoisotopic (exact) mass is 551 g/mol. The molecule has 0 amide bonds. The molecule has 2 fully saturated rings. The molecule has 0 saturated carbocycles. The smallest absolute Gasteiger partial charge is 0.378 e. The molecular formula is C27H28F3N9O. The first kappa shape index (κ1) is 26.2. The predicted molar refractivity (Wildman–Crippen MR) is 139 cm³/mol. The van der Waals surface area contributed by atoms with Gasteiger partial charge in [-0.3, -0.25) is 9.88 Å². The summed E-state index contributed by atoms with van der Waals surface area (Å²) in [7, 11) is 0. The van der Waals surface area contributed by atoms with Crippen molar-refractivity contribution in [2.75, 3.05) is 31.6 Å². The minimum atomic E-state index is -4.50. The fraction of sp³-hybridized carbons (Fsp3) is 0.444. The van der Waals surface area contributed by atoms with Crippen molar-refractivity contribution in [3.8, 4) is 17.3 Å². The molecule has 208 valence electrons. The molecule has 0 radical (unpaired) electrons. The fourth-order valence-electron chi connectivity index (χ4n) is 5.49. The lowest BCUT2D eigenvalue weighted by atomic mass is 10.0. The molecule has 6 rings (SSSR count). The van der Waals surface area contributed by atoms with E-state index in [1.165, 1.54) is 12.4 Å². The highest BCUT2D eigenvalue weighted by molar-refractivity contribution is 5.82. The van der Waals surface area contributed by atoms with Gasteiger partial charge in [0.15, 0.2) is 0 Å². The van der Waals surface area contributed by atoms with Crippen molar-refractivity contribution in [1.82, 2.24) is 34.5 Å². The summed E-state index contributed by atoms with van der Waals surface area (Å²) in [5.41, 5.74) is 3.27. The van der Waals surface area contributed by atoms with E-state index < -0.39 is 17.8 Å². The van der Waals surface area contributed by atoms with Crippen molar-refractivity contribution < 1.29 is 17.9 Å². The van der Waals surface area contributed by atoms with Crippen molar-refractivity contribution in [3.63, 3.8) is 0 Å². The van der Waals surface area contributed by atoms with Crippen LogP contribution in [0.15, 0.2) is 36.9 Å². The number of piperidine rings is 1. The molecule has 0 bridgehead atoms. The van der Waals surface area contributed by atoms with Gasteiger partial charge in [-0.1, -0.05) is 5.21 Å². The van der Waals surface area contributed by atoms with E-state index in [0.717, 1.165) is 62.7 Å².